The van der Waals surface area contributed by atoms with Crippen molar-refractivity contribution in [2.45, 2.75) is 425 Å². The van der Waals surface area contributed by atoms with Crippen molar-refractivity contribution in [2.24, 2.45) is 106 Å². The van der Waals surface area contributed by atoms with E-state index in [1.54, 1.807) is 19.1 Å². The average molecular weight is 1660 g/mol. The molecule has 0 saturated heterocycles. The zero-order valence-corrected chi connectivity index (χ0v) is 87.3. The number of H-pyrrole nitrogens is 1. The number of thiol groups is 1. The molecule has 2 amide bonds. The maximum absolute atomic E-state index is 10.3. The lowest BCUT2D eigenvalue weighted by atomic mass is 9.81. The molecule has 8 N–H and O–H groups in total. The van der Waals surface area contributed by atoms with Gasteiger partial charge < -0.3 is 31.8 Å². The zero-order valence-electron chi connectivity index (χ0n) is 85.6. The van der Waals surface area contributed by atoms with Crippen LogP contribution in [-0.4, -0.2) is 62.6 Å². The molecule has 0 aliphatic heterocycles. The lowest BCUT2D eigenvalue weighted by Gasteiger charge is -2.25. The first-order valence-corrected chi connectivity index (χ1v) is 45.0. The van der Waals surface area contributed by atoms with Gasteiger partial charge in [0.05, 0.1) is 6.10 Å². The fourth-order valence-corrected chi connectivity index (χ4v) is 8.37. The Hall–Kier alpha value is -3.44. The number of benzene rings is 3. The summed E-state index contributed by atoms with van der Waals surface area (Å²) in [5.74, 6) is 5.50. The number of aromatic hydroxyl groups is 1. The Balaban J connectivity index is -0.000000100. The molecular weight excluding hydrogens is 1450 g/mol. The third-order valence-electron chi connectivity index (χ3n) is 15.6. The summed E-state index contributed by atoms with van der Waals surface area (Å²) in [4.78, 5) is 23.8. The SMILES string of the molecule is C.C.CC(C)(C)C.CC(C)(C)CC(N)=O.CC(C)(C)CCC(N)=O.CC(C)(C)CO.CC(C)(C)CS.CC(C)(C)Cc1c[nH]c2ccccc12.CC(C)(C)Cc1ccc(O)cc1.CC(C)(C)Cc1ccccc1.CC(C)C.CC(C)C(C)(C)C.CC(C)CC(C)(C)C.CC(O)C(C)(C)C.CCC(C)C(C)(C)C.CSCCC(C)(C)C. The number of phenols is 1. The molecule has 0 bridgehead atoms. The Bertz CT molecular complexity index is 2750. The molecule has 0 aliphatic carbocycles. The van der Waals surface area contributed by atoms with Crippen LogP contribution < -0.4 is 11.5 Å². The number of carbonyl (C=O) groups excluding carboxylic acids is 2. The standard InChI is InChI=1S/C13H17N.C11H16O.C11H16.2C8H18.C7H15NO.C7H16S.C7H16.C6H13NO.C6H14O.C5H12O.C5H12S.C5H12.C4H10.2CH4/c1-13(2,3)8-10-9-14-12-7-5-4-6-11(10)12;1-11(2,3)8-9-4-6-10(12)7-5-9;1-11(2,3)9-10-7-5-4-6-8-10;1-7(2)6-8(3,4)5;1-6-7(2)8(3,4)5;1-7(2,3)5-4-6(8)9;1-7(2,3)5-6-8-4;1-6(2)7(3,4)5;1-6(2,3)4-5(7)8;1-5(7)6(2,3)4;2*1-5(2,3)4-6;1-5(2,3)4;1-4(2)3;;/h4-7,9,14H,8H2,1-3H3;4-7,12H,8H2,1-3H3;4-8H,9H2,1-3H3;2*7H,6H2,1-5H3;4-5H2,1-3H3,(H2,8,9);5-6H2,1-4H3;6H,1-5H3;4H2,1-3H3,(H2,7,8);5,7H,1-4H3;2*6H,4H2,1-3H3;1-4H3;4H,1-3H3;2*1H4. The number of carbonyl (C=O) groups is 2. The van der Waals surface area contributed by atoms with Crippen molar-refractivity contribution in [1.82, 2.24) is 4.98 Å². The van der Waals surface area contributed by atoms with Crippen LogP contribution >= 0.6 is 24.4 Å². The molecule has 10 heteroatoms. The molecule has 8 nitrogen and oxygen atoms in total. The van der Waals surface area contributed by atoms with Gasteiger partial charge in [-0.15, -0.1) is 0 Å². The minimum absolute atomic E-state index is 0. The molecule has 690 valence electrons. The fraction of sp³-hybridized carbons (Fsp3) is 0.790. The molecular formula is C105H213N3O5S2. The number of primary amides is 2. The third-order valence-corrected chi connectivity index (χ3v) is 17.1. The first-order valence-electron chi connectivity index (χ1n) is 43.0. The number of hydrogen-bond donors (Lipinski definition) is 7. The van der Waals surface area contributed by atoms with E-state index in [0.29, 0.717) is 67.3 Å². The number of fused-ring (bicyclic) bond motifs is 1. The van der Waals surface area contributed by atoms with Gasteiger partial charge in [-0.2, -0.15) is 24.4 Å². The van der Waals surface area contributed by atoms with Gasteiger partial charge in [0.15, 0.2) is 0 Å². The quantitative estimate of drug-likeness (QED) is 0.0782. The second-order valence-corrected chi connectivity index (χ2v) is 49.6. The molecule has 0 spiro atoms. The second kappa shape index (κ2) is 66.2. The normalized spacial score (nSPS) is 12.2. The number of amides is 2. The number of para-hydroxylation sites is 1. The first-order chi connectivity index (χ1) is 49.6. The Morgan fingerprint density at radius 2 is 0.774 bits per heavy atom. The minimum atomic E-state index is -0.225. The van der Waals surface area contributed by atoms with E-state index in [9.17, 15) is 9.59 Å². The van der Waals surface area contributed by atoms with Gasteiger partial charge >= 0.3 is 0 Å². The Morgan fingerprint density at radius 1 is 0.452 bits per heavy atom. The number of hydrogen-bond acceptors (Lipinski definition) is 7. The van der Waals surface area contributed by atoms with E-state index >= 15 is 0 Å². The molecule has 0 aliphatic rings. The largest absolute Gasteiger partial charge is 0.508 e. The summed E-state index contributed by atoms with van der Waals surface area (Å²) in [7, 11) is 0. The van der Waals surface area contributed by atoms with E-state index in [1.807, 2.05) is 86.2 Å². The first kappa shape index (κ1) is 138. The molecule has 2 atom stereocenters. The maximum atomic E-state index is 10.3. The summed E-state index contributed by atoms with van der Waals surface area (Å²) in [5.41, 5.74) is 19.7. The fourth-order valence-electron chi connectivity index (χ4n) is 7.55. The summed E-state index contributed by atoms with van der Waals surface area (Å²) < 4.78 is 0. The zero-order chi connectivity index (χ0) is 92.8. The Morgan fingerprint density at radius 3 is 0.957 bits per heavy atom. The van der Waals surface area contributed by atoms with Gasteiger partial charge in [0.1, 0.15) is 5.75 Å². The number of aromatic nitrogens is 1. The van der Waals surface area contributed by atoms with Crippen LogP contribution in [0.15, 0.2) is 85.1 Å². The smallest absolute Gasteiger partial charge is 0.217 e. The van der Waals surface area contributed by atoms with Crippen molar-refractivity contribution in [1.29, 1.82) is 0 Å². The molecule has 3 aromatic carbocycles. The highest BCUT2D eigenvalue weighted by Gasteiger charge is 2.20. The number of rotatable bonds is 10. The van der Waals surface area contributed by atoms with E-state index in [1.165, 1.54) is 52.6 Å². The van der Waals surface area contributed by atoms with Crippen LogP contribution in [0.4, 0.5) is 0 Å². The highest BCUT2D eigenvalue weighted by Crippen LogP contribution is 2.30. The van der Waals surface area contributed by atoms with Crippen LogP contribution in [0.3, 0.4) is 0 Å². The van der Waals surface area contributed by atoms with Crippen molar-refractivity contribution in [3.63, 3.8) is 0 Å². The van der Waals surface area contributed by atoms with Gasteiger partial charge in [0.25, 0.3) is 0 Å². The molecule has 4 aromatic rings. The molecule has 1 heterocycles. The predicted molar refractivity (Wildman–Crippen MR) is 538 cm³/mol. The number of aromatic amines is 1. The molecule has 4 rings (SSSR count). The van der Waals surface area contributed by atoms with Gasteiger partial charge in [-0.3, -0.25) is 9.59 Å². The molecule has 115 heavy (non-hydrogen) atoms. The van der Waals surface area contributed by atoms with E-state index < -0.39 is 0 Å². The van der Waals surface area contributed by atoms with Gasteiger partial charge in [-0.1, -0.05) is 421 Å². The lowest BCUT2D eigenvalue weighted by Crippen LogP contribution is -2.21. The van der Waals surface area contributed by atoms with Gasteiger partial charge in [-0.25, -0.2) is 0 Å². The summed E-state index contributed by atoms with van der Waals surface area (Å²) in [6.07, 6.45) is 13.2. The third kappa shape index (κ3) is 140. The van der Waals surface area contributed by atoms with Crippen molar-refractivity contribution in [3.05, 3.63) is 102 Å². The summed E-state index contributed by atoms with van der Waals surface area (Å²) in [6, 6.07) is 26.5. The number of phenolic OH excluding ortho intramolecular Hbond substituents is 1. The topological polar surface area (TPSA) is 163 Å². The van der Waals surface area contributed by atoms with E-state index in [2.05, 4.69) is 362 Å². The number of aliphatic hydroxyl groups is 2. The summed E-state index contributed by atoms with van der Waals surface area (Å²) >= 11 is 6.03. The molecule has 1 aromatic heterocycles. The molecule has 0 saturated carbocycles. The predicted octanol–water partition coefficient (Wildman–Crippen LogP) is 33.2. The van der Waals surface area contributed by atoms with Crippen LogP contribution in [-0.2, 0) is 28.9 Å². The van der Waals surface area contributed by atoms with Crippen LogP contribution in [0.25, 0.3) is 10.9 Å². The van der Waals surface area contributed by atoms with Crippen LogP contribution in [0.2, 0.25) is 0 Å². The monoisotopic (exact) mass is 1660 g/mol. The molecule has 0 radical (unpaired) electrons. The van der Waals surface area contributed by atoms with Gasteiger partial charge in [0.2, 0.25) is 11.8 Å². The minimum Gasteiger partial charge on any atom is -0.508 e. The maximum Gasteiger partial charge on any atom is 0.217 e. The van der Waals surface area contributed by atoms with Crippen molar-refractivity contribution in [2.75, 3.05) is 24.4 Å². The van der Waals surface area contributed by atoms with Crippen LogP contribution in [0.5, 0.6) is 5.75 Å². The second-order valence-electron chi connectivity index (χ2n) is 48.3. The highest BCUT2D eigenvalue weighted by atomic mass is 32.2. The number of thioether (sulfide) groups is 1. The molecule has 0 fully saturated rings. The van der Waals surface area contributed by atoms with Crippen LogP contribution in [0, 0.1) is 94.1 Å². The summed E-state index contributed by atoms with van der Waals surface area (Å²) in [5, 5.41) is 27.7. The van der Waals surface area contributed by atoms with Crippen molar-refractivity contribution in [3.8, 4) is 5.75 Å². The van der Waals surface area contributed by atoms with Gasteiger partial charge in [0, 0.05) is 36.5 Å². The van der Waals surface area contributed by atoms with E-state index in [0.717, 1.165) is 55.1 Å². The summed E-state index contributed by atoms with van der Waals surface area (Å²) in [6.45, 7) is 109. The number of nitrogens with two attached hydrogens (primary N) is 2. The van der Waals surface area contributed by atoms with E-state index in [4.69, 9.17) is 26.8 Å². The van der Waals surface area contributed by atoms with E-state index in [-0.39, 0.29) is 61.0 Å². The highest BCUT2D eigenvalue weighted by molar-refractivity contribution is 7.98. The number of aliphatic hydroxyl groups excluding tert-OH is 2. The average Bonchev–Trinajstić information content (AvgIpc) is 1.69. The lowest BCUT2D eigenvalue weighted by molar-refractivity contribution is -0.120. The van der Waals surface area contributed by atoms with Crippen molar-refractivity contribution >= 4 is 47.1 Å². The van der Waals surface area contributed by atoms with Crippen molar-refractivity contribution < 1.29 is 24.9 Å². The molecule has 2 unspecified atom stereocenters. The Kier molecular flexibility index (Phi) is 79.2. The van der Waals surface area contributed by atoms with Crippen LogP contribution in [0.1, 0.15) is 416 Å². The number of nitrogens with one attached hydrogen (secondary N) is 1. The van der Waals surface area contributed by atoms with Gasteiger partial charge in [-0.05, 0) is 192 Å². The Labute approximate surface area is 734 Å².